The first-order valence-corrected chi connectivity index (χ1v) is 7.08. The lowest BCUT2D eigenvalue weighted by Crippen LogP contribution is -2.29. The van der Waals surface area contributed by atoms with Gasteiger partial charge in [0.2, 0.25) is 0 Å². The van der Waals surface area contributed by atoms with Gasteiger partial charge in [-0.15, -0.1) is 0 Å². The molecule has 5 heteroatoms. The number of likely N-dealkylation sites (tertiary alicyclic amines) is 1. The Bertz CT molecular complexity index is 465. The number of amides is 1. The van der Waals surface area contributed by atoms with Crippen molar-refractivity contribution in [2.45, 2.75) is 26.2 Å². The summed E-state index contributed by atoms with van der Waals surface area (Å²) in [7, 11) is 0. The molecule has 1 aliphatic heterocycles. The minimum Gasteiger partial charge on any atom is -0.396 e. The zero-order valence-corrected chi connectivity index (χ0v) is 11.9. The van der Waals surface area contributed by atoms with Crippen LogP contribution in [0.25, 0.3) is 0 Å². The van der Waals surface area contributed by atoms with Gasteiger partial charge in [-0.2, -0.15) is 0 Å². The molecule has 4 nitrogen and oxygen atoms in total. The number of halogens is 1. The van der Waals surface area contributed by atoms with Crippen LogP contribution in [0.5, 0.6) is 0 Å². The molecule has 1 aliphatic rings. The summed E-state index contributed by atoms with van der Waals surface area (Å²) in [6.45, 7) is 3.53. The third kappa shape index (κ3) is 3.45. The fourth-order valence-corrected chi connectivity index (χ4v) is 2.63. The van der Waals surface area contributed by atoms with Crippen LogP contribution in [0, 0.1) is 5.92 Å². The summed E-state index contributed by atoms with van der Waals surface area (Å²) in [5, 5.41) is 9.49. The number of hydrogen-bond donors (Lipinski definition) is 1. The number of carbonyl (C=O) groups excluding carboxylic acids is 1. The molecule has 1 amide bonds. The summed E-state index contributed by atoms with van der Waals surface area (Å²) >= 11 is 5.97. The van der Waals surface area contributed by atoms with Gasteiger partial charge in [0.1, 0.15) is 5.15 Å². The van der Waals surface area contributed by atoms with E-state index in [1.807, 2.05) is 6.07 Å². The van der Waals surface area contributed by atoms with Crippen LogP contribution in [0.4, 0.5) is 0 Å². The first-order valence-electron chi connectivity index (χ1n) is 6.70. The lowest BCUT2D eigenvalue weighted by molar-refractivity contribution is 0.0781. The molecule has 1 aromatic rings. The number of nitrogens with zero attached hydrogens (tertiary/aromatic N) is 2. The first-order chi connectivity index (χ1) is 9.13. The van der Waals surface area contributed by atoms with Crippen molar-refractivity contribution in [3.8, 4) is 0 Å². The minimum atomic E-state index is -0.0161. The van der Waals surface area contributed by atoms with Crippen molar-refractivity contribution in [2.24, 2.45) is 5.92 Å². The van der Waals surface area contributed by atoms with Crippen molar-refractivity contribution in [1.82, 2.24) is 9.88 Å². The van der Waals surface area contributed by atoms with E-state index in [0.717, 1.165) is 25.0 Å². The number of pyridine rings is 1. The Morgan fingerprint density at radius 1 is 1.58 bits per heavy atom. The molecule has 0 spiro atoms. The summed E-state index contributed by atoms with van der Waals surface area (Å²) in [5.41, 5.74) is 1.46. The van der Waals surface area contributed by atoms with Gasteiger partial charge in [0.15, 0.2) is 0 Å². The largest absolute Gasteiger partial charge is 0.396 e. The molecule has 104 valence electrons. The molecule has 0 radical (unpaired) electrons. The topological polar surface area (TPSA) is 53.4 Å². The number of carbonyl (C=O) groups is 1. The van der Waals surface area contributed by atoms with Gasteiger partial charge in [-0.1, -0.05) is 24.9 Å². The maximum absolute atomic E-state index is 12.4. The Balaban J connectivity index is 2.14. The summed E-state index contributed by atoms with van der Waals surface area (Å²) in [5.74, 6) is 0.189. The van der Waals surface area contributed by atoms with E-state index in [9.17, 15) is 4.79 Å². The molecule has 1 aromatic heterocycles. The lowest BCUT2D eigenvalue weighted by atomic mass is 10.1. The van der Waals surface area contributed by atoms with Gasteiger partial charge in [0.25, 0.3) is 5.91 Å². The van der Waals surface area contributed by atoms with Gasteiger partial charge in [-0.25, -0.2) is 4.98 Å². The van der Waals surface area contributed by atoms with E-state index in [4.69, 9.17) is 16.7 Å². The van der Waals surface area contributed by atoms with E-state index in [2.05, 4.69) is 11.9 Å². The lowest BCUT2D eigenvalue weighted by Gasteiger charge is -2.16. The summed E-state index contributed by atoms with van der Waals surface area (Å²) in [4.78, 5) is 18.4. The van der Waals surface area contributed by atoms with Crippen LogP contribution in [0.2, 0.25) is 5.15 Å². The predicted molar refractivity (Wildman–Crippen MR) is 74.3 cm³/mol. The van der Waals surface area contributed by atoms with Gasteiger partial charge in [0.05, 0.1) is 0 Å². The smallest absolute Gasteiger partial charge is 0.254 e. The van der Waals surface area contributed by atoms with E-state index < -0.39 is 0 Å². The Morgan fingerprint density at radius 3 is 3.00 bits per heavy atom. The number of aliphatic hydroxyl groups is 1. The van der Waals surface area contributed by atoms with Crippen molar-refractivity contribution >= 4 is 17.5 Å². The van der Waals surface area contributed by atoms with E-state index >= 15 is 0 Å². The molecule has 1 saturated heterocycles. The highest BCUT2D eigenvalue weighted by Gasteiger charge is 2.26. The fraction of sp³-hybridized carbons (Fsp3) is 0.571. The van der Waals surface area contributed by atoms with Crippen molar-refractivity contribution < 1.29 is 9.90 Å². The van der Waals surface area contributed by atoms with E-state index in [-0.39, 0.29) is 18.4 Å². The molecule has 1 atom stereocenters. The molecular formula is C14H19ClN2O2. The summed E-state index contributed by atoms with van der Waals surface area (Å²) in [6, 6.07) is 3.44. The Morgan fingerprint density at radius 2 is 2.37 bits per heavy atom. The SMILES string of the molecule is CCCc1cc(C(=O)N2CCC(CO)C2)cc(Cl)n1. The maximum atomic E-state index is 12.4. The molecule has 1 unspecified atom stereocenters. The van der Waals surface area contributed by atoms with E-state index in [1.54, 1.807) is 11.0 Å². The number of aliphatic hydroxyl groups excluding tert-OH is 1. The number of hydrogen-bond acceptors (Lipinski definition) is 3. The molecule has 2 rings (SSSR count). The molecule has 2 heterocycles. The standard InChI is InChI=1S/C14H19ClN2O2/c1-2-3-12-6-11(7-13(15)16-12)14(19)17-5-4-10(8-17)9-18/h6-7,10,18H,2-5,8-9H2,1H3. The highest BCUT2D eigenvalue weighted by Crippen LogP contribution is 2.20. The van der Waals surface area contributed by atoms with Crippen LogP contribution in [0.1, 0.15) is 35.8 Å². The Kier molecular flexibility index (Phi) is 4.77. The monoisotopic (exact) mass is 282 g/mol. The molecule has 1 fully saturated rings. The highest BCUT2D eigenvalue weighted by atomic mass is 35.5. The van der Waals surface area contributed by atoms with Crippen LogP contribution in [-0.4, -0.2) is 40.6 Å². The van der Waals surface area contributed by atoms with Crippen molar-refractivity contribution in [2.75, 3.05) is 19.7 Å². The fourth-order valence-electron chi connectivity index (χ4n) is 2.41. The molecule has 0 aromatic carbocycles. The maximum Gasteiger partial charge on any atom is 0.254 e. The van der Waals surface area contributed by atoms with Gasteiger partial charge in [0, 0.05) is 36.9 Å². The molecule has 19 heavy (non-hydrogen) atoms. The average Bonchev–Trinajstić information content (AvgIpc) is 2.86. The van der Waals surface area contributed by atoms with Crippen molar-refractivity contribution in [3.05, 3.63) is 28.5 Å². The second-order valence-corrected chi connectivity index (χ2v) is 5.40. The van der Waals surface area contributed by atoms with Gasteiger partial charge in [-0.05, 0) is 25.0 Å². The Hall–Kier alpha value is -1.13. The van der Waals surface area contributed by atoms with Gasteiger partial charge in [-0.3, -0.25) is 4.79 Å². The highest BCUT2D eigenvalue weighted by molar-refractivity contribution is 6.29. The molecule has 0 bridgehead atoms. The van der Waals surface area contributed by atoms with Crippen LogP contribution in [0.15, 0.2) is 12.1 Å². The molecule has 1 N–H and O–H groups in total. The van der Waals surface area contributed by atoms with E-state index in [1.165, 1.54) is 0 Å². The zero-order valence-electron chi connectivity index (χ0n) is 11.1. The van der Waals surface area contributed by atoms with Gasteiger partial charge < -0.3 is 10.0 Å². The second kappa shape index (κ2) is 6.35. The predicted octanol–water partition coefficient (Wildman–Crippen LogP) is 2.14. The van der Waals surface area contributed by atoms with Crippen LogP contribution >= 0.6 is 11.6 Å². The second-order valence-electron chi connectivity index (χ2n) is 5.01. The summed E-state index contributed by atoms with van der Waals surface area (Å²) < 4.78 is 0. The van der Waals surface area contributed by atoms with Crippen molar-refractivity contribution in [1.29, 1.82) is 0 Å². The summed E-state index contributed by atoms with van der Waals surface area (Å²) in [6.07, 6.45) is 2.65. The zero-order chi connectivity index (χ0) is 13.8. The third-order valence-corrected chi connectivity index (χ3v) is 3.63. The normalized spacial score (nSPS) is 18.9. The number of aryl methyl sites for hydroxylation is 1. The van der Waals surface area contributed by atoms with Crippen molar-refractivity contribution in [3.63, 3.8) is 0 Å². The first kappa shape index (κ1) is 14.3. The molecule has 0 aliphatic carbocycles. The molecular weight excluding hydrogens is 264 g/mol. The molecule has 0 saturated carbocycles. The Labute approximate surface area is 118 Å². The van der Waals surface area contributed by atoms with Crippen LogP contribution in [0.3, 0.4) is 0 Å². The third-order valence-electron chi connectivity index (χ3n) is 3.43. The minimum absolute atomic E-state index is 0.0161. The number of rotatable bonds is 4. The quantitative estimate of drug-likeness (QED) is 0.861. The number of aromatic nitrogens is 1. The average molecular weight is 283 g/mol. The van der Waals surface area contributed by atoms with Crippen LogP contribution < -0.4 is 0 Å². The van der Waals surface area contributed by atoms with Gasteiger partial charge >= 0.3 is 0 Å². The van der Waals surface area contributed by atoms with Crippen LogP contribution in [-0.2, 0) is 6.42 Å². The van der Waals surface area contributed by atoms with E-state index in [0.29, 0.717) is 23.8 Å².